The number of nitrogens with one attached hydrogen (secondary N) is 1. The minimum atomic E-state index is -1.03. The molecule has 94 valence electrons. The minimum Gasteiger partial charge on any atom is -0.480 e. The molecule has 2 N–H and O–H groups in total. The Morgan fingerprint density at radius 2 is 2.11 bits per heavy atom. The van der Waals surface area contributed by atoms with Gasteiger partial charge in [-0.1, -0.05) is 18.2 Å². The zero-order chi connectivity index (χ0) is 13.1. The predicted molar refractivity (Wildman–Crippen MR) is 65.1 cm³/mol. The SMILES string of the molecule is CN(CC(=O)O)C(=O)Cc1[nH]nc2ccccc12. The average molecular weight is 247 g/mol. The number of carboxylic acid groups (broad SMARTS) is 1. The first-order valence-electron chi connectivity index (χ1n) is 5.45. The van der Waals surface area contributed by atoms with E-state index in [0.717, 1.165) is 10.9 Å². The maximum absolute atomic E-state index is 11.8. The Bertz CT molecular complexity index is 591. The monoisotopic (exact) mass is 247 g/mol. The average Bonchev–Trinajstić information content (AvgIpc) is 2.72. The van der Waals surface area contributed by atoms with Crippen molar-refractivity contribution in [1.29, 1.82) is 0 Å². The van der Waals surface area contributed by atoms with Crippen molar-refractivity contribution < 1.29 is 14.7 Å². The van der Waals surface area contributed by atoms with Crippen molar-refractivity contribution in [3.63, 3.8) is 0 Å². The number of H-pyrrole nitrogens is 1. The first-order chi connectivity index (χ1) is 8.58. The Hall–Kier alpha value is -2.37. The third kappa shape index (κ3) is 2.48. The van der Waals surface area contributed by atoms with Crippen LogP contribution in [0, 0.1) is 0 Å². The van der Waals surface area contributed by atoms with Crippen molar-refractivity contribution in [3.8, 4) is 0 Å². The molecule has 0 aliphatic carbocycles. The van der Waals surface area contributed by atoms with Gasteiger partial charge < -0.3 is 10.0 Å². The lowest BCUT2D eigenvalue weighted by Gasteiger charge is -2.13. The number of aromatic nitrogens is 2. The lowest BCUT2D eigenvalue weighted by Crippen LogP contribution is -2.33. The van der Waals surface area contributed by atoms with Crippen LogP contribution in [0.15, 0.2) is 24.3 Å². The van der Waals surface area contributed by atoms with Crippen LogP contribution in [0.5, 0.6) is 0 Å². The second kappa shape index (κ2) is 4.87. The van der Waals surface area contributed by atoms with Gasteiger partial charge in [-0.2, -0.15) is 5.10 Å². The Morgan fingerprint density at radius 1 is 1.39 bits per heavy atom. The molecule has 0 aliphatic rings. The first kappa shape index (κ1) is 12.1. The molecule has 2 rings (SSSR count). The number of hydrogen-bond acceptors (Lipinski definition) is 3. The fourth-order valence-electron chi connectivity index (χ4n) is 1.73. The van der Waals surface area contributed by atoms with Crippen molar-refractivity contribution in [2.75, 3.05) is 13.6 Å². The van der Waals surface area contributed by atoms with Crippen LogP contribution in [0.25, 0.3) is 10.9 Å². The van der Waals surface area contributed by atoms with Gasteiger partial charge in [0.25, 0.3) is 0 Å². The van der Waals surface area contributed by atoms with Crippen molar-refractivity contribution in [3.05, 3.63) is 30.0 Å². The number of carbonyl (C=O) groups is 2. The van der Waals surface area contributed by atoms with Gasteiger partial charge in [-0.25, -0.2) is 0 Å². The number of aliphatic carboxylic acids is 1. The van der Waals surface area contributed by atoms with E-state index in [-0.39, 0.29) is 18.9 Å². The van der Waals surface area contributed by atoms with Gasteiger partial charge in [0.15, 0.2) is 0 Å². The van der Waals surface area contributed by atoms with E-state index < -0.39 is 5.97 Å². The molecule has 1 aromatic carbocycles. The molecule has 6 heteroatoms. The van der Waals surface area contributed by atoms with Crippen molar-refractivity contribution in [2.45, 2.75) is 6.42 Å². The summed E-state index contributed by atoms with van der Waals surface area (Å²) in [6.45, 7) is -0.301. The van der Waals surface area contributed by atoms with Crippen LogP contribution in [0.3, 0.4) is 0 Å². The Balaban J connectivity index is 2.14. The number of carboxylic acids is 1. The molecule has 6 nitrogen and oxygen atoms in total. The molecule has 0 saturated carbocycles. The van der Waals surface area contributed by atoms with E-state index in [0.29, 0.717) is 5.69 Å². The highest BCUT2D eigenvalue weighted by atomic mass is 16.4. The van der Waals surface area contributed by atoms with Gasteiger partial charge in [0.2, 0.25) is 5.91 Å². The van der Waals surface area contributed by atoms with Crippen LogP contribution < -0.4 is 0 Å². The molecule has 0 radical (unpaired) electrons. The molecule has 1 amide bonds. The Morgan fingerprint density at radius 3 is 2.83 bits per heavy atom. The summed E-state index contributed by atoms with van der Waals surface area (Å²) >= 11 is 0. The van der Waals surface area contributed by atoms with Crippen LogP contribution in [0.2, 0.25) is 0 Å². The molecule has 2 aromatic rings. The van der Waals surface area contributed by atoms with E-state index in [9.17, 15) is 9.59 Å². The number of carbonyl (C=O) groups excluding carboxylic acids is 1. The molecule has 0 bridgehead atoms. The van der Waals surface area contributed by atoms with Crippen LogP contribution in [0.1, 0.15) is 5.69 Å². The van der Waals surface area contributed by atoms with E-state index in [1.165, 1.54) is 11.9 Å². The van der Waals surface area contributed by atoms with E-state index in [1.807, 2.05) is 24.3 Å². The molecule has 0 spiro atoms. The molecular formula is C12H13N3O3. The molecule has 0 fully saturated rings. The summed E-state index contributed by atoms with van der Waals surface area (Å²) in [7, 11) is 1.47. The lowest BCUT2D eigenvalue weighted by molar-refractivity contribution is -0.143. The Kier molecular flexibility index (Phi) is 3.27. The molecule has 18 heavy (non-hydrogen) atoms. The van der Waals surface area contributed by atoms with Gasteiger partial charge in [0.1, 0.15) is 6.54 Å². The van der Waals surface area contributed by atoms with Crippen LogP contribution in [-0.4, -0.2) is 45.7 Å². The van der Waals surface area contributed by atoms with Gasteiger partial charge in [0.05, 0.1) is 17.6 Å². The predicted octanol–water partition coefficient (Wildman–Crippen LogP) is 0.648. The summed E-state index contributed by atoms with van der Waals surface area (Å²) in [4.78, 5) is 23.5. The van der Waals surface area contributed by atoms with Crippen molar-refractivity contribution in [2.24, 2.45) is 0 Å². The maximum atomic E-state index is 11.8. The van der Waals surface area contributed by atoms with Crippen molar-refractivity contribution >= 4 is 22.8 Å². The van der Waals surface area contributed by atoms with Gasteiger partial charge in [-0.3, -0.25) is 14.7 Å². The van der Waals surface area contributed by atoms with Gasteiger partial charge in [0, 0.05) is 12.4 Å². The summed E-state index contributed by atoms with van der Waals surface area (Å²) in [6, 6.07) is 7.46. The third-order valence-corrected chi connectivity index (χ3v) is 2.67. The second-order valence-electron chi connectivity index (χ2n) is 4.04. The normalized spacial score (nSPS) is 10.5. The van der Waals surface area contributed by atoms with Gasteiger partial charge in [-0.15, -0.1) is 0 Å². The largest absolute Gasteiger partial charge is 0.480 e. The smallest absolute Gasteiger partial charge is 0.323 e. The summed E-state index contributed by atoms with van der Waals surface area (Å²) in [5, 5.41) is 16.4. The Labute approximate surface area is 103 Å². The summed E-state index contributed by atoms with van der Waals surface area (Å²) < 4.78 is 0. The highest BCUT2D eigenvalue weighted by Gasteiger charge is 2.15. The summed E-state index contributed by atoms with van der Waals surface area (Å²) in [5.74, 6) is -1.29. The van der Waals surface area contributed by atoms with E-state index in [1.54, 1.807) is 0 Å². The molecule has 1 aromatic heterocycles. The molecule has 0 unspecified atom stereocenters. The van der Waals surface area contributed by atoms with E-state index in [4.69, 9.17) is 5.11 Å². The number of aromatic amines is 1. The number of hydrogen-bond donors (Lipinski definition) is 2. The molecule has 0 saturated heterocycles. The lowest BCUT2D eigenvalue weighted by atomic mass is 10.1. The third-order valence-electron chi connectivity index (χ3n) is 2.67. The van der Waals surface area contributed by atoms with E-state index >= 15 is 0 Å². The fourth-order valence-corrected chi connectivity index (χ4v) is 1.73. The standard InChI is InChI=1S/C12H13N3O3/c1-15(7-12(17)18)11(16)6-10-8-4-2-3-5-9(8)13-14-10/h2-5H,6-7H2,1H3,(H,13,14)(H,17,18). The maximum Gasteiger partial charge on any atom is 0.323 e. The quantitative estimate of drug-likeness (QED) is 0.830. The van der Waals surface area contributed by atoms with Crippen molar-refractivity contribution in [1.82, 2.24) is 15.1 Å². The van der Waals surface area contributed by atoms with Gasteiger partial charge >= 0.3 is 5.97 Å². The number of likely N-dealkylation sites (N-methyl/N-ethyl adjacent to an activating group) is 1. The number of amides is 1. The topological polar surface area (TPSA) is 86.3 Å². The highest BCUT2D eigenvalue weighted by molar-refractivity contribution is 5.88. The van der Waals surface area contributed by atoms with E-state index in [2.05, 4.69) is 10.2 Å². The summed E-state index contributed by atoms with van der Waals surface area (Å²) in [5.41, 5.74) is 1.49. The zero-order valence-corrected chi connectivity index (χ0v) is 9.88. The fraction of sp³-hybridized carbons (Fsp3) is 0.250. The highest BCUT2D eigenvalue weighted by Crippen LogP contribution is 2.15. The minimum absolute atomic E-state index is 0.115. The van der Waals surface area contributed by atoms with Gasteiger partial charge in [-0.05, 0) is 6.07 Å². The number of rotatable bonds is 4. The number of fused-ring (bicyclic) bond motifs is 1. The first-order valence-corrected chi connectivity index (χ1v) is 5.45. The zero-order valence-electron chi connectivity index (χ0n) is 9.88. The summed E-state index contributed by atoms with van der Waals surface area (Å²) in [6.07, 6.45) is 0.115. The molecular weight excluding hydrogens is 234 g/mol. The number of nitrogens with zero attached hydrogens (tertiary/aromatic N) is 2. The molecule has 0 atom stereocenters. The van der Waals surface area contributed by atoms with Crippen LogP contribution in [-0.2, 0) is 16.0 Å². The molecule has 0 aliphatic heterocycles. The number of benzene rings is 1. The molecule has 1 heterocycles. The second-order valence-corrected chi connectivity index (χ2v) is 4.04. The number of para-hydroxylation sites is 1. The van der Waals surface area contributed by atoms with Crippen LogP contribution in [0.4, 0.5) is 0 Å². The van der Waals surface area contributed by atoms with Crippen LogP contribution >= 0.6 is 0 Å².